The standard InChI is InChI=1S/C42H24N4O.C28H18N2.C14H7ClN2O/c1-2-11-26-24-27(21-20-25(26)10-1)45-33-16-6-3-12-28(33)29-22-23-35-38(41(29)45)30-13-4-7-17-34(30)46(35)42-43-32-15-9-19-37-39(32)40(44-42)31-14-5-8-18-36(31)47-37;1-2-8-19-17-20(14-13-18(19)7-1)30-26-12-6-4-9-21(26)22-15-16-25-27(28(22)30)23-10-3-5-11-24(23)29-25;15-14-16-9-5-3-7-11-12(9)13(17-14)8-4-1-2-6-10(8)18-11/h1-24H;1-17,29H;1-7H. The number of nitrogens with zero attached hydrogens (tertiary/aromatic N) is 7. The van der Waals surface area contributed by atoms with Crippen LogP contribution in [-0.2, 0) is 0 Å². The average molecular weight is 1240 g/mol. The van der Waals surface area contributed by atoms with Gasteiger partial charge in [0.25, 0.3) is 0 Å². The number of hydrogen-bond acceptors (Lipinski definition) is 6. The summed E-state index contributed by atoms with van der Waals surface area (Å²) < 4.78 is 19.2. The first-order valence-electron chi connectivity index (χ1n) is 31.7. The minimum atomic E-state index is 0.256. The van der Waals surface area contributed by atoms with Gasteiger partial charge in [-0.1, -0.05) is 182 Å². The number of rotatable bonds is 3. The van der Waals surface area contributed by atoms with Gasteiger partial charge in [-0.05, 0) is 142 Å². The van der Waals surface area contributed by atoms with Crippen LogP contribution in [0.15, 0.2) is 291 Å². The second-order valence-electron chi connectivity index (χ2n) is 24.2. The fourth-order valence-corrected chi connectivity index (χ4v) is 15.1. The summed E-state index contributed by atoms with van der Waals surface area (Å²) in [4.78, 5) is 22.7. The highest BCUT2D eigenvalue weighted by molar-refractivity contribution is 6.29. The lowest BCUT2D eigenvalue weighted by Crippen LogP contribution is -2.06. The van der Waals surface area contributed by atoms with Gasteiger partial charge in [-0.2, -0.15) is 0 Å². The van der Waals surface area contributed by atoms with Crippen molar-refractivity contribution in [1.82, 2.24) is 38.6 Å². The number of aromatic amines is 1. The van der Waals surface area contributed by atoms with Crippen LogP contribution in [0.4, 0.5) is 0 Å². The summed E-state index contributed by atoms with van der Waals surface area (Å²) in [6.07, 6.45) is 0. The van der Waals surface area contributed by atoms with Crippen molar-refractivity contribution in [1.29, 1.82) is 0 Å². The van der Waals surface area contributed by atoms with Gasteiger partial charge in [-0.25, -0.2) is 19.9 Å². The molecule has 0 saturated carbocycles. The fourth-order valence-electron chi connectivity index (χ4n) is 14.9. The molecule has 0 bridgehead atoms. The third-order valence-electron chi connectivity index (χ3n) is 19.0. The summed E-state index contributed by atoms with van der Waals surface area (Å²) in [5.41, 5.74) is 17.0. The number of fused-ring (bicyclic) bond motifs is 20. The second-order valence-corrected chi connectivity index (χ2v) is 24.6. The highest BCUT2D eigenvalue weighted by atomic mass is 35.5. The Balaban J connectivity index is 0.000000109. The summed E-state index contributed by atoms with van der Waals surface area (Å²) >= 11 is 5.98. The van der Waals surface area contributed by atoms with Crippen molar-refractivity contribution in [3.8, 4) is 62.8 Å². The Morgan fingerprint density at radius 1 is 0.295 bits per heavy atom. The van der Waals surface area contributed by atoms with E-state index >= 15 is 0 Å². The van der Waals surface area contributed by atoms with Crippen LogP contribution in [0.1, 0.15) is 0 Å². The zero-order chi connectivity index (χ0) is 62.4. The number of aromatic nitrogens is 8. The molecule has 0 unspecified atom stereocenters. The van der Waals surface area contributed by atoms with E-state index in [1.54, 1.807) is 0 Å². The van der Waals surface area contributed by atoms with Crippen molar-refractivity contribution < 1.29 is 9.47 Å². The summed E-state index contributed by atoms with van der Waals surface area (Å²) in [6, 6.07) is 102. The first kappa shape index (κ1) is 53.1. The molecular weight excluding hydrogens is 1190 g/mol. The van der Waals surface area contributed by atoms with Gasteiger partial charge in [0.15, 0.2) is 0 Å². The number of benzene rings is 14. The van der Waals surface area contributed by atoms with E-state index in [4.69, 9.17) is 31.0 Å². The molecule has 444 valence electrons. The SMILES string of the molecule is Clc1nc2c3c(cccc3n1)Oc1ccccc1-2.c1ccc2c(c1)Oc1cccc3nc(-n4c5ccccc5c5c4ccc4c6ccccc6n(-c6ccc7ccccc7c6)c45)nc-2c13.c1ccc2cc(-n3c4ccccc4c4ccc5[nH]c6ccccc6c5c43)ccc2c1. The quantitative estimate of drug-likeness (QED) is 0.177. The third-order valence-corrected chi connectivity index (χ3v) is 19.2. The number of halogens is 1. The van der Waals surface area contributed by atoms with E-state index in [9.17, 15) is 0 Å². The summed E-state index contributed by atoms with van der Waals surface area (Å²) in [5.74, 6) is 3.80. The van der Waals surface area contributed by atoms with Gasteiger partial charge in [0.2, 0.25) is 11.2 Å². The number of nitrogens with one attached hydrogen (secondary N) is 1. The maximum absolute atomic E-state index is 6.29. The van der Waals surface area contributed by atoms with Crippen LogP contribution in [0, 0.1) is 0 Å². The van der Waals surface area contributed by atoms with Gasteiger partial charge in [0, 0.05) is 76.6 Å². The molecule has 14 aromatic carbocycles. The van der Waals surface area contributed by atoms with E-state index in [1.165, 1.54) is 98.0 Å². The fraction of sp³-hybridized carbons (Fsp3) is 0. The summed E-state index contributed by atoms with van der Waals surface area (Å²) in [7, 11) is 0. The molecular formula is C84H49ClN8O2. The van der Waals surface area contributed by atoms with Crippen LogP contribution in [-0.4, -0.2) is 38.6 Å². The second kappa shape index (κ2) is 20.7. The molecule has 6 aromatic heterocycles. The molecule has 1 N–H and O–H groups in total. The number of H-pyrrole nitrogens is 1. The normalized spacial score (nSPS) is 12.2. The lowest BCUT2D eigenvalue weighted by Gasteiger charge is -2.20. The highest BCUT2D eigenvalue weighted by Gasteiger charge is 2.28. The van der Waals surface area contributed by atoms with Gasteiger partial charge < -0.3 is 23.6 Å². The third kappa shape index (κ3) is 8.11. The van der Waals surface area contributed by atoms with E-state index in [-0.39, 0.29) is 5.28 Å². The molecule has 0 aliphatic carbocycles. The highest BCUT2D eigenvalue weighted by Crippen LogP contribution is 2.49. The van der Waals surface area contributed by atoms with Crippen molar-refractivity contribution in [3.63, 3.8) is 0 Å². The van der Waals surface area contributed by atoms with Crippen molar-refractivity contribution in [2.24, 2.45) is 0 Å². The molecule has 95 heavy (non-hydrogen) atoms. The van der Waals surface area contributed by atoms with Gasteiger partial charge in [0.05, 0.1) is 66.3 Å². The van der Waals surface area contributed by atoms with E-state index in [0.717, 1.165) is 89.4 Å². The van der Waals surface area contributed by atoms with E-state index < -0.39 is 0 Å². The number of para-hydroxylation sites is 6. The minimum Gasteiger partial charge on any atom is -0.456 e. The lowest BCUT2D eigenvalue weighted by molar-refractivity contribution is 0.486. The smallest absolute Gasteiger partial charge is 0.235 e. The monoisotopic (exact) mass is 1240 g/mol. The van der Waals surface area contributed by atoms with Gasteiger partial charge in [0.1, 0.15) is 23.0 Å². The molecule has 0 fully saturated rings. The largest absolute Gasteiger partial charge is 0.456 e. The summed E-state index contributed by atoms with van der Waals surface area (Å²) in [5, 5.41) is 17.0. The van der Waals surface area contributed by atoms with Crippen LogP contribution in [0.2, 0.25) is 5.28 Å². The molecule has 20 aromatic rings. The number of ether oxygens (including phenoxy) is 2. The predicted molar refractivity (Wildman–Crippen MR) is 389 cm³/mol. The van der Waals surface area contributed by atoms with Gasteiger partial charge in [-0.3, -0.25) is 4.57 Å². The van der Waals surface area contributed by atoms with Crippen molar-refractivity contribution in [2.45, 2.75) is 0 Å². The molecule has 0 spiro atoms. The minimum absolute atomic E-state index is 0.256. The molecule has 2 aliphatic rings. The maximum Gasteiger partial charge on any atom is 0.235 e. The Bertz CT molecular complexity index is 6660. The molecule has 10 nitrogen and oxygen atoms in total. The Hall–Kier alpha value is -12.6. The molecule has 22 rings (SSSR count). The van der Waals surface area contributed by atoms with E-state index in [1.807, 2.05) is 72.8 Å². The topological polar surface area (TPSA) is 101 Å². The molecule has 2 aliphatic heterocycles. The Kier molecular flexibility index (Phi) is 11.6. The van der Waals surface area contributed by atoms with Gasteiger partial charge >= 0.3 is 0 Å². The van der Waals surface area contributed by atoms with Crippen molar-refractivity contribution in [3.05, 3.63) is 296 Å². The maximum atomic E-state index is 6.29. The lowest BCUT2D eigenvalue weighted by atomic mass is 10.0. The van der Waals surface area contributed by atoms with Crippen molar-refractivity contribution >= 4 is 142 Å². The Morgan fingerprint density at radius 2 is 0.768 bits per heavy atom. The molecule has 0 amide bonds. The van der Waals surface area contributed by atoms with Gasteiger partial charge in [-0.15, -0.1) is 0 Å². The molecule has 0 saturated heterocycles. The Labute approximate surface area is 546 Å². The Morgan fingerprint density at radius 3 is 1.39 bits per heavy atom. The summed E-state index contributed by atoms with van der Waals surface area (Å²) in [6.45, 7) is 0. The van der Waals surface area contributed by atoms with Crippen LogP contribution >= 0.6 is 11.6 Å². The van der Waals surface area contributed by atoms with Crippen LogP contribution in [0.25, 0.3) is 170 Å². The molecule has 8 heterocycles. The first-order chi connectivity index (χ1) is 47.0. The zero-order valence-corrected chi connectivity index (χ0v) is 51.3. The van der Waals surface area contributed by atoms with Crippen LogP contribution in [0.5, 0.6) is 23.0 Å². The molecule has 11 heteroatoms. The predicted octanol–water partition coefficient (Wildman–Crippen LogP) is 22.4. The first-order valence-corrected chi connectivity index (χ1v) is 32.1. The average Bonchev–Trinajstić information content (AvgIpc) is 1.57. The van der Waals surface area contributed by atoms with Crippen molar-refractivity contribution in [2.75, 3.05) is 0 Å². The van der Waals surface area contributed by atoms with E-state index in [0.29, 0.717) is 5.95 Å². The van der Waals surface area contributed by atoms with Crippen LogP contribution < -0.4 is 9.47 Å². The van der Waals surface area contributed by atoms with Crippen LogP contribution in [0.3, 0.4) is 0 Å². The molecule has 0 radical (unpaired) electrons. The zero-order valence-electron chi connectivity index (χ0n) is 50.5. The molecule has 0 atom stereocenters. The van der Waals surface area contributed by atoms with E-state index in [2.05, 4.69) is 247 Å². The number of hydrogen-bond donors (Lipinski definition) is 1.